The summed E-state index contributed by atoms with van der Waals surface area (Å²) >= 11 is 7.39. The number of hydrogen-bond acceptors (Lipinski definition) is 4. The van der Waals surface area contributed by atoms with Gasteiger partial charge < -0.3 is 4.74 Å². The Bertz CT molecular complexity index is 929. The highest BCUT2D eigenvalue weighted by atomic mass is 35.5. The Morgan fingerprint density at radius 1 is 1.20 bits per heavy atom. The fraction of sp³-hybridized carbons (Fsp3) is 0.0526. The van der Waals surface area contributed by atoms with E-state index in [1.165, 1.54) is 0 Å². The number of nitrogens with one attached hydrogen (secondary N) is 1. The van der Waals surface area contributed by atoms with E-state index >= 15 is 0 Å². The molecule has 4 nitrogen and oxygen atoms in total. The predicted octanol–water partition coefficient (Wildman–Crippen LogP) is 5.06. The number of benzene rings is 1. The lowest BCUT2D eigenvalue weighted by atomic mass is 10.3. The van der Waals surface area contributed by atoms with Crippen molar-refractivity contribution in [2.24, 2.45) is 0 Å². The van der Waals surface area contributed by atoms with E-state index in [-0.39, 0.29) is 6.61 Å². The molecule has 0 unspecified atom stereocenters. The fourth-order valence-corrected chi connectivity index (χ4v) is 3.04. The molecule has 3 rings (SSSR count). The molecule has 0 aliphatic carbocycles. The zero-order valence-corrected chi connectivity index (χ0v) is 14.6. The molecule has 0 spiro atoms. The number of aromatic nitrogens is 1. The van der Waals surface area contributed by atoms with E-state index in [4.69, 9.17) is 16.3 Å². The van der Waals surface area contributed by atoms with Gasteiger partial charge in [-0.25, -0.2) is 4.79 Å². The van der Waals surface area contributed by atoms with Gasteiger partial charge in [0, 0.05) is 16.9 Å². The summed E-state index contributed by atoms with van der Waals surface area (Å²) in [4.78, 5) is 17.9. The van der Waals surface area contributed by atoms with Crippen molar-refractivity contribution in [2.75, 3.05) is 11.9 Å². The van der Waals surface area contributed by atoms with Gasteiger partial charge in [0.1, 0.15) is 0 Å². The zero-order chi connectivity index (χ0) is 17.5. The maximum atomic E-state index is 11.7. The second kappa shape index (κ2) is 8.34. The van der Waals surface area contributed by atoms with Crippen LogP contribution < -0.4 is 5.32 Å². The zero-order valence-electron chi connectivity index (χ0n) is 13.0. The quantitative estimate of drug-likeness (QED) is 0.657. The largest absolute Gasteiger partial charge is 0.436 e. The molecule has 0 radical (unpaired) electrons. The van der Waals surface area contributed by atoms with Crippen molar-refractivity contribution in [1.82, 2.24) is 4.98 Å². The lowest BCUT2D eigenvalue weighted by Crippen LogP contribution is -2.13. The van der Waals surface area contributed by atoms with Gasteiger partial charge >= 0.3 is 6.09 Å². The number of anilines is 1. The molecule has 6 heteroatoms. The molecule has 1 aromatic carbocycles. The first-order valence-electron chi connectivity index (χ1n) is 7.40. The maximum absolute atomic E-state index is 11.7. The summed E-state index contributed by atoms with van der Waals surface area (Å²) < 4.78 is 5.02. The number of hydrogen-bond donors (Lipinski definition) is 1. The summed E-state index contributed by atoms with van der Waals surface area (Å²) in [5.74, 6) is 5.80. The van der Waals surface area contributed by atoms with Crippen LogP contribution in [0.15, 0.2) is 60.8 Å². The van der Waals surface area contributed by atoms with E-state index in [2.05, 4.69) is 22.1 Å². The summed E-state index contributed by atoms with van der Waals surface area (Å²) in [6.07, 6.45) is 1.18. The first-order valence-corrected chi connectivity index (χ1v) is 8.59. The average Bonchev–Trinajstić information content (AvgIpc) is 3.08. The second-order valence-corrected chi connectivity index (χ2v) is 6.41. The van der Waals surface area contributed by atoms with Crippen LogP contribution >= 0.6 is 22.9 Å². The van der Waals surface area contributed by atoms with Gasteiger partial charge in [0.05, 0.1) is 15.4 Å². The first kappa shape index (κ1) is 17.0. The van der Waals surface area contributed by atoms with Crippen LogP contribution in [0, 0.1) is 11.8 Å². The Morgan fingerprint density at radius 2 is 2.12 bits per heavy atom. The van der Waals surface area contributed by atoms with Crippen molar-refractivity contribution < 1.29 is 9.53 Å². The van der Waals surface area contributed by atoms with Gasteiger partial charge in [-0.1, -0.05) is 35.6 Å². The third kappa shape index (κ3) is 5.08. The van der Waals surface area contributed by atoms with E-state index in [9.17, 15) is 4.79 Å². The summed E-state index contributed by atoms with van der Waals surface area (Å²) in [5, 5.41) is 3.13. The molecule has 1 amide bonds. The van der Waals surface area contributed by atoms with E-state index in [0.29, 0.717) is 10.7 Å². The number of carbonyl (C=O) groups excluding carboxylic acids is 1. The van der Waals surface area contributed by atoms with Gasteiger partial charge in [0.2, 0.25) is 0 Å². The van der Waals surface area contributed by atoms with Crippen molar-refractivity contribution in [3.05, 3.63) is 70.7 Å². The summed E-state index contributed by atoms with van der Waals surface area (Å²) in [5.41, 5.74) is 1.49. The second-order valence-electron chi connectivity index (χ2n) is 4.89. The Kier molecular flexibility index (Phi) is 5.68. The number of halogens is 1. The molecule has 25 heavy (non-hydrogen) atoms. The van der Waals surface area contributed by atoms with Crippen LogP contribution in [0.4, 0.5) is 10.5 Å². The molecule has 2 aromatic heterocycles. The van der Waals surface area contributed by atoms with E-state index in [1.54, 1.807) is 41.8 Å². The molecule has 0 fully saturated rings. The number of nitrogens with zero attached hydrogens (tertiary/aromatic N) is 1. The van der Waals surface area contributed by atoms with Crippen molar-refractivity contribution in [3.8, 4) is 22.4 Å². The molecule has 0 atom stereocenters. The average molecular weight is 369 g/mol. The highest BCUT2D eigenvalue weighted by Crippen LogP contribution is 2.25. The van der Waals surface area contributed by atoms with Gasteiger partial charge in [-0.05, 0) is 42.5 Å². The third-order valence-corrected chi connectivity index (χ3v) is 4.34. The van der Waals surface area contributed by atoms with Crippen molar-refractivity contribution >= 4 is 34.7 Å². The number of pyridine rings is 1. The standard InChI is InChI=1S/C19H13ClN2O2S/c20-14-5-3-6-15(13-14)22-19(23)24-12-4-7-16-9-10-18(25-16)17-8-1-2-11-21-17/h1-3,5-6,8-11,13H,12H2,(H,22,23). The molecule has 0 saturated heterocycles. The normalized spacial score (nSPS) is 9.80. The van der Waals surface area contributed by atoms with Crippen LogP contribution in [0.2, 0.25) is 5.02 Å². The Morgan fingerprint density at radius 3 is 2.92 bits per heavy atom. The minimum Gasteiger partial charge on any atom is -0.436 e. The highest BCUT2D eigenvalue weighted by Gasteiger charge is 2.03. The van der Waals surface area contributed by atoms with Crippen molar-refractivity contribution in [2.45, 2.75) is 0 Å². The summed E-state index contributed by atoms with van der Waals surface area (Å²) in [6, 6.07) is 16.5. The number of rotatable bonds is 3. The molecule has 1 N–H and O–H groups in total. The minimum absolute atomic E-state index is 0.00319. The highest BCUT2D eigenvalue weighted by molar-refractivity contribution is 7.16. The van der Waals surface area contributed by atoms with Crippen LogP contribution in [0.1, 0.15) is 4.88 Å². The van der Waals surface area contributed by atoms with Crippen LogP contribution in [0.3, 0.4) is 0 Å². The van der Waals surface area contributed by atoms with E-state index in [0.717, 1.165) is 15.4 Å². The van der Waals surface area contributed by atoms with Crippen LogP contribution in [-0.2, 0) is 4.74 Å². The van der Waals surface area contributed by atoms with Crippen molar-refractivity contribution in [3.63, 3.8) is 0 Å². The molecule has 0 aliphatic rings. The van der Waals surface area contributed by atoms with Gasteiger partial charge in [0.15, 0.2) is 6.61 Å². The Hall–Kier alpha value is -2.81. The van der Waals surface area contributed by atoms with E-state index in [1.807, 2.05) is 30.3 Å². The fourth-order valence-electron chi connectivity index (χ4n) is 2.00. The number of thiophene rings is 1. The van der Waals surface area contributed by atoms with Gasteiger partial charge in [-0.2, -0.15) is 0 Å². The van der Waals surface area contributed by atoms with Crippen LogP contribution in [-0.4, -0.2) is 17.7 Å². The molecular formula is C19H13ClN2O2S. The van der Waals surface area contributed by atoms with Crippen LogP contribution in [0.25, 0.3) is 10.6 Å². The summed E-state index contributed by atoms with van der Waals surface area (Å²) in [7, 11) is 0. The topological polar surface area (TPSA) is 51.2 Å². The number of ether oxygens (including phenoxy) is 1. The van der Waals surface area contributed by atoms with Gasteiger partial charge in [-0.3, -0.25) is 10.3 Å². The molecule has 0 aliphatic heterocycles. The van der Waals surface area contributed by atoms with Gasteiger partial charge in [-0.15, -0.1) is 11.3 Å². The third-order valence-electron chi connectivity index (χ3n) is 3.08. The number of amides is 1. The predicted molar refractivity (Wildman–Crippen MR) is 101 cm³/mol. The molecule has 0 saturated carbocycles. The Labute approximate surface area is 154 Å². The monoisotopic (exact) mass is 368 g/mol. The maximum Gasteiger partial charge on any atom is 0.412 e. The van der Waals surface area contributed by atoms with E-state index < -0.39 is 6.09 Å². The number of carbonyl (C=O) groups is 1. The molecule has 3 aromatic rings. The molecule has 124 valence electrons. The smallest absolute Gasteiger partial charge is 0.412 e. The lowest BCUT2D eigenvalue weighted by Gasteiger charge is -2.04. The molecule has 0 bridgehead atoms. The van der Waals surface area contributed by atoms with Crippen molar-refractivity contribution in [1.29, 1.82) is 0 Å². The Balaban J connectivity index is 1.51. The SMILES string of the molecule is O=C(Nc1cccc(Cl)c1)OCC#Cc1ccc(-c2ccccn2)s1. The first-order chi connectivity index (χ1) is 12.2. The van der Waals surface area contributed by atoms with Crippen LogP contribution in [0.5, 0.6) is 0 Å². The minimum atomic E-state index is -0.572. The summed E-state index contributed by atoms with van der Waals surface area (Å²) in [6.45, 7) is 0.00319. The molecule has 2 heterocycles. The van der Waals surface area contributed by atoms with Gasteiger partial charge in [0.25, 0.3) is 0 Å². The lowest BCUT2D eigenvalue weighted by molar-refractivity contribution is 0.176. The molecular weight excluding hydrogens is 356 g/mol.